The Morgan fingerprint density at radius 2 is 1.76 bits per heavy atom. The molecule has 0 radical (unpaired) electrons. The lowest BCUT2D eigenvalue weighted by molar-refractivity contribution is 0.475. The van der Waals surface area contributed by atoms with Crippen LogP contribution in [0.4, 0.5) is 5.69 Å². The molecule has 0 amide bonds. The molecule has 0 unspecified atom stereocenters. The van der Waals surface area contributed by atoms with Crippen LogP contribution in [0.1, 0.15) is 11.1 Å². The number of aromatic nitrogens is 1. The van der Waals surface area contributed by atoms with Gasteiger partial charge in [-0.15, -0.1) is 0 Å². The number of phenols is 1. The van der Waals surface area contributed by atoms with Gasteiger partial charge in [0.2, 0.25) is 5.89 Å². The lowest BCUT2D eigenvalue weighted by atomic mass is 10.0. The topological polar surface area (TPSA) is 58.6 Å². The molecule has 0 saturated heterocycles. The van der Waals surface area contributed by atoms with Gasteiger partial charge >= 0.3 is 0 Å². The molecule has 140 valence electrons. The molecule has 0 spiro atoms. The Balaban J connectivity index is 1.45. The van der Waals surface area contributed by atoms with Gasteiger partial charge in [-0.2, -0.15) is 0 Å². The number of aliphatic imine (C=N–C) groups is 1. The molecule has 29 heavy (non-hydrogen) atoms. The number of benzene rings is 4. The predicted molar refractivity (Wildman–Crippen MR) is 117 cm³/mol. The Labute approximate surface area is 167 Å². The van der Waals surface area contributed by atoms with Crippen molar-refractivity contribution in [2.45, 2.75) is 6.92 Å². The highest BCUT2D eigenvalue weighted by Crippen LogP contribution is 2.28. The number of aromatic hydroxyl groups is 1. The number of hydrogen-bond donors (Lipinski definition) is 1. The van der Waals surface area contributed by atoms with Gasteiger partial charge in [-0.05, 0) is 65.7 Å². The van der Waals surface area contributed by atoms with Gasteiger partial charge in [-0.25, -0.2) is 4.98 Å². The molecule has 1 N–H and O–H groups in total. The maximum atomic E-state index is 10.3. The molecule has 0 fully saturated rings. The quantitative estimate of drug-likeness (QED) is 0.369. The zero-order valence-electron chi connectivity index (χ0n) is 15.8. The summed E-state index contributed by atoms with van der Waals surface area (Å²) in [5.74, 6) is 0.804. The molecular weight excluding hydrogens is 360 g/mol. The fourth-order valence-electron chi connectivity index (χ4n) is 3.41. The Bertz CT molecular complexity index is 1370. The summed E-state index contributed by atoms with van der Waals surface area (Å²) in [4.78, 5) is 9.12. The minimum Gasteiger partial charge on any atom is -0.507 e. The molecular formula is C25H18N2O2. The second-order valence-corrected chi connectivity index (χ2v) is 7.01. The summed E-state index contributed by atoms with van der Waals surface area (Å²) in [6, 6.07) is 25.2. The van der Waals surface area contributed by atoms with Crippen LogP contribution in [0.15, 0.2) is 88.3 Å². The number of nitrogens with zero attached hydrogens (tertiary/aromatic N) is 2. The molecule has 4 nitrogen and oxygen atoms in total. The molecule has 0 atom stereocenters. The third-order valence-electron chi connectivity index (χ3n) is 4.95. The van der Waals surface area contributed by atoms with E-state index in [1.165, 1.54) is 0 Å². The van der Waals surface area contributed by atoms with E-state index < -0.39 is 0 Å². The van der Waals surface area contributed by atoms with Gasteiger partial charge in [-0.1, -0.05) is 36.4 Å². The zero-order chi connectivity index (χ0) is 19.8. The summed E-state index contributed by atoms with van der Waals surface area (Å²) in [5.41, 5.74) is 5.17. The van der Waals surface area contributed by atoms with Gasteiger partial charge in [0.05, 0.1) is 5.69 Å². The van der Waals surface area contributed by atoms with Crippen molar-refractivity contribution in [3.05, 3.63) is 90.0 Å². The first-order chi connectivity index (χ1) is 14.2. The highest BCUT2D eigenvalue weighted by molar-refractivity contribution is 6.03. The number of oxazole rings is 1. The summed E-state index contributed by atoms with van der Waals surface area (Å²) in [6.07, 6.45) is 1.70. The van der Waals surface area contributed by atoms with E-state index in [9.17, 15) is 5.11 Å². The van der Waals surface area contributed by atoms with Crippen molar-refractivity contribution in [1.29, 1.82) is 0 Å². The maximum absolute atomic E-state index is 10.3. The van der Waals surface area contributed by atoms with Gasteiger partial charge in [0.1, 0.15) is 11.3 Å². The Kier molecular flexibility index (Phi) is 4.10. The summed E-state index contributed by atoms with van der Waals surface area (Å²) in [6.45, 7) is 2.04. The first kappa shape index (κ1) is 17.2. The fraction of sp³-hybridized carbons (Fsp3) is 0.0400. The van der Waals surface area contributed by atoms with E-state index in [0.717, 1.165) is 38.7 Å². The first-order valence-electron chi connectivity index (χ1n) is 9.40. The van der Waals surface area contributed by atoms with Crippen molar-refractivity contribution in [3.8, 4) is 17.2 Å². The highest BCUT2D eigenvalue weighted by Gasteiger charge is 2.08. The van der Waals surface area contributed by atoms with Crippen LogP contribution < -0.4 is 0 Å². The molecule has 4 heteroatoms. The molecule has 1 heterocycles. The lowest BCUT2D eigenvalue weighted by Crippen LogP contribution is -1.85. The second kappa shape index (κ2) is 6.91. The van der Waals surface area contributed by atoms with Crippen LogP contribution in [0.3, 0.4) is 0 Å². The van der Waals surface area contributed by atoms with Crippen LogP contribution in [0.2, 0.25) is 0 Å². The third-order valence-corrected chi connectivity index (χ3v) is 4.95. The van der Waals surface area contributed by atoms with Crippen LogP contribution in [0, 0.1) is 6.92 Å². The lowest BCUT2D eigenvalue weighted by Gasteiger charge is -2.04. The number of rotatable bonds is 3. The average molecular weight is 378 g/mol. The minimum absolute atomic E-state index is 0.214. The second-order valence-electron chi connectivity index (χ2n) is 7.01. The molecule has 5 rings (SSSR count). The third kappa shape index (κ3) is 3.25. The summed E-state index contributed by atoms with van der Waals surface area (Å²) < 4.78 is 5.86. The van der Waals surface area contributed by atoms with Crippen LogP contribution in [0.5, 0.6) is 5.75 Å². The number of fused-ring (bicyclic) bond motifs is 2. The average Bonchev–Trinajstić information content (AvgIpc) is 3.16. The fourth-order valence-corrected chi connectivity index (χ4v) is 3.41. The van der Waals surface area contributed by atoms with E-state index in [4.69, 9.17) is 4.42 Å². The van der Waals surface area contributed by atoms with Crippen molar-refractivity contribution in [1.82, 2.24) is 4.98 Å². The van der Waals surface area contributed by atoms with E-state index in [-0.39, 0.29) is 5.75 Å². The molecule has 1 aromatic heterocycles. The number of aryl methyl sites for hydroxylation is 1. The SMILES string of the molecule is Cc1ccc2oc(-c3ccc(N=Cc4c(O)ccc5ccccc45)cc3)nc2c1. The van der Waals surface area contributed by atoms with Crippen molar-refractivity contribution in [2.24, 2.45) is 4.99 Å². The van der Waals surface area contributed by atoms with Crippen molar-refractivity contribution in [2.75, 3.05) is 0 Å². The summed E-state index contributed by atoms with van der Waals surface area (Å²) >= 11 is 0. The van der Waals surface area contributed by atoms with Crippen molar-refractivity contribution >= 4 is 33.8 Å². The predicted octanol–water partition coefficient (Wildman–Crippen LogP) is 6.41. The zero-order valence-corrected chi connectivity index (χ0v) is 15.8. The monoisotopic (exact) mass is 378 g/mol. The minimum atomic E-state index is 0.214. The number of hydrogen-bond acceptors (Lipinski definition) is 4. The van der Waals surface area contributed by atoms with Crippen LogP contribution in [0.25, 0.3) is 33.3 Å². The summed E-state index contributed by atoms with van der Waals surface area (Å²) in [7, 11) is 0. The van der Waals surface area contributed by atoms with Crippen LogP contribution in [-0.4, -0.2) is 16.3 Å². The van der Waals surface area contributed by atoms with E-state index >= 15 is 0 Å². The smallest absolute Gasteiger partial charge is 0.227 e. The molecule has 0 aliphatic heterocycles. The molecule has 0 aliphatic rings. The largest absolute Gasteiger partial charge is 0.507 e. The molecule has 5 aromatic rings. The normalized spacial score (nSPS) is 11.6. The van der Waals surface area contributed by atoms with Gasteiger partial charge in [0.15, 0.2) is 5.58 Å². The molecule has 4 aromatic carbocycles. The first-order valence-corrected chi connectivity index (χ1v) is 9.40. The van der Waals surface area contributed by atoms with Crippen molar-refractivity contribution < 1.29 is 9.52 Å². The van der Waals surface area contributed by atoms with E-state index in [0.29, 0.717) is 11.5 Å². The van der Waals surface area contributed by atoms with Gasteiger partial charge in [0.25, 0.3) is 0 Å². The Hall–Kier alpha value is -3.92. The van der Waals surface area contributed by atoms with Gasteiger partial charge in [-0.3, -0.25) is 4.99 Å². The Morgan fingerprint density at radius 3 is 2.62 bits per heavy atom. The molecule has 0 bridgehead atoms. The van der Waals surface area contributed by atoms with Crippen LogP contribution >= 0.6 is 0 Å². The number of phenolic OH excluding ortho intramolecular Hbond substituents is 1. The highest BCUT2D eigenvalue weighted by atomic mass is 16.3. The van der Waals surface area contributed by atoms with E-state index in [1.807, 2.05) is 79.7 Å². The van der Waals surface area contributed by atoms with Gasteiger partial charge < -0.3 is 9.52 Å². The molecule has 0 saturated carbocycles. The molecule has 0 aliphatic carbocycles. The Morgan fingerprint density at radius 1 is 0.931 bits per heavy atom. The summed E-state index contributed by atoms with van der Waals surface area (Å²) in [5, 5.41) is 12.3. The van der Waals surface area contributed by atoms with Crippen LogP contribution in [-0.2, 0) is 0 Å². The van der Waals surface area contributed by atoms with E-state index in [1.54, 1.807) is 12.3 Å². The maximum Gasteiger partial charge on any atom is 0.227 e. The van der Waals surface area contributed by atoms with Gasteiger partial charge in [0, 0.05) is 17.3 Å². The van der Waals surface area contributed by atoms with Crippen molar-refractivity contribution in [3.63, 3.8) is 0 Å². The standard InChI is InChI=1S/C25H18N2O2/c1-16-6-13-24-22(14-16)27-25(29-24)18-7-10-19(11-8-18)26-15-21-20-5-3-2-4-17(20)9-12-23(21)28/h2-15,28H,1H3. The van der Waals surface area contributed by atoms with E-state index in [2.05, 4.69) is 9.98 Å².